The van der Waals surface area contributed by atoms with Gasteiger partial charge in [0.05, 0.1) is 11.7 Å². The van der Waals surface area contributed by atoms with Crippen LogP contribution in [0, 0.1) is 0 Å². The first-order chi connectivity index (χ1) is 10.3. The molecule has 0 fully saturated rings. The molecule has 4 nitrogen and oxygen atoms in total. The zero-order valence-electron chi connectivity index (χ0n) is 12.7. The van der Waals surface area contributed by atoms with Crippen LogP contribution in [0.1, 0.15) is 18.1 Å². The molecule has 0 amide bonds. The molecular weight excluding hydrogens is 260 g/mol. The number of aryl methyl sites for hydroxylation is 3. The van der Waals surface area contributed by atoms with Crippen molar-refractivity contribution in [1.82, 2.24) is 19.7 Å². The summed E-state index contributed by atoms with van der Waals surface area (Å²) in [7, 11) is 1.96. The maximum Gasteiger partial charge on any atom is 0.0525 e. The predicted octanol–water partition coefficient (Wildman–Crippen LogP) is 2.73. The van der Waals surface area contributed by atoms with Crippen LogP contribution < -0.4 is 5.32 Å². The van der Waals surface area contributed by atoms with E-state index in [1.165, 1.54) is 22.0 Å². The van der Waals surface area contributed by atoms with Crippen LogP contribution in [0.2, 0.25) is 0 Å². The van der Waals surface area contributed by atoms with Crippen molar-refractivity contribution in [3.8, 4) is 0 Å². The smallest absolute Gasteiger partial charge is 0.0525 e. The van der Waals surface area contributed by atoms with E-state index in [2.05, 4.69) is 58.6 Å². The van der Waals surface area contributed by atoms with Gasteiger partial charge in [-0.05, 0) is 35.5 Å². The van der Waals surface area contributed by atoms with Crippen LogP contribution in [0.3, 0.4) is 0 Å². The molecule has 3 aromatic rings. The van der Waals surface area contributed by atoms with Crippen molar-refractivity contribution in [1.29, 1.82) is 0 Å². The van der Waals surface area contributed by atoms with Gasteiger partial charge in [0.25, 0.3) is 0 Å². The fraction of sp³-hybridized carbons (Fsp3) is 0.353. The fourth-order valence-electron chi connectivity index (χ4n) is 2.78. The monoisotopic (exact) mass is 282 g/mol. The van der Waals surface area contributed by atoms with Gasteiger partial charge in [0.1, 0.15) is 0 Å². The lowest BCUT2D eigenvalue weighted by atomic mass is 10.1. The van der Waals surface area contributed by atoms with Gasteiger partial charge in [-0.25, -0.2) is 0 Å². The highest BCUT2D eigenvalue weighted by Gasteiger charge is 2.07. The van der Waals surface area contributed by atoms with Gasteiger partial charge < -0.3 is 9.88 Å². The molecule has 0 aliphatic heterocycles. The van der Waals surface area contributed by atoms with Crippen molar-refractivity contribution in [3.05, 3.63) is 54.0 Å². The molecule has 0 aliphatic rings. The van der Waals surface area contributed by atoms with Gasteiger partial charge in [0, 0.05) is 32.5 Å². The Labute approximate surface area is 125 Å². The molecule has 110 valence electrons. The average Bonchev–Trinajstić information content (AvgIpc) is 3.09. The van der Waals surface area contributed by atoms with Crippen LogP contribution in [0.15, 0.2) is 42.9 Å². The Bertz CT molecular complexity index is 723. The third kappa shape index (κ3) is 3.00. The summed E-state index contributed by atoms with van der Waals surface area (Å²) in [6.07, 6.45) is 7.24. The predicted molar refractivity (Wildman–Crippen MR) is 86.2 cm³/mol. The lowest BCUT2D eigenvalue weighted by Gasteiger charge is -2.10. The van der Waals surface area contributed by atoms with Crippen molar-refractivity contribution < 1.29 is 0 Å². The topological polar surface area (TPSA) is 34.8 Å². The molecule has 0 saturated heterocycles. The second kappa shape index (κ2) is 6.14. The Hall–Kier alpha value is -2.07. The molecule has 0 bridgehead atoms. The number of nitrogens with zero attached hydrogens (tertiary/aromatic N) is 3. The quantitative estimate of drug-likeness (QED) is 0.754. The molecule has 0 unspecified atom stereocenters. The normalized spacial score (nSPS) is 11.3. The van der Waals surface area contributed by atoms with Gasteiger partial charge in [0.15, 0.2) is 0 Å². The zero-order valence-corrected chi connectivity index (χ0v) is 12.7. The maximum atomic E-state index is 4.23. The van der Waals surface area contributed by atoms with E-state index in [0.29, 0.717) is 0 Å². The molecule has 21 heavy (non-hydrogen) atoms. The van der Waals surface area contributed by atoms with Gasteiger partial charge in [-0.3, -0.25) is 4.68 Å². The number of hydrogen-bond acceptors (Lipinski definition) is 2. The third-order valence-electron chi connectivity index (χ3n) is 3.84. The first-order valence-corrected chi connectivity index (χ1v) is 7.53. The summed E-state index contributed by atoms with van der Waals surface area (Å²) in [6.45, 7) is 5.04. The molecule has 0 saturated carbocycles. The summed E-state index contributed by atoms with van der Waals surface area (Å²) in [5, 5.41) is 8.97. The van der Waals surface area contributed by atoms with Crippen LogP contribution in [0.4, 0.5) is 0 Å². The Morgan fingerprint density at radius 2 is 2.14 bits per heavy atom. The Morgan fingerprint density at radius 1 is 1.24 bits per heavy atom. The number of para-hydroxylation sites is 1. The van der Waals surface area contributed by atoms with Crippen molar-refractivity contribution in [2.45, 2.75) is 26.4 Å². The number of benzene rings is 1. The van der Waals surface area contributed by atoms with Crippen molar-refractivity contribution in [2.75, 3.05) is 6.54 Å². The van der Waals surface area contributed by atoms with E-state index >= 15 is 0 Å². The summed E-state index contributed by atoms with van der Waals surface area (Å²) in [6, 6.07) is 8.74. The van der Waals surface area contributed by atoms with Crippen LogP contribution in [-0.2, 0) is 26.6 Å². The van der Waals surface area contributed by atoms with E-state index in [-0.39, 0.29) is 0 Å². The summed E-state index contributed by atoms with van der Waals surface area (Å²) >= 11 is 0. The second-order valence-corrected chi connectivity index (χ2v) is 5.42. The highest BCUT2D eigenvalue weighted by atomic mass is 15.2. The summed E-state index contributed by atoms with van der Waals surface area (Å²) in [5.74, 6) is 0. The standard InChI is InChI=1S/C17H22N4/c1-3-18-12-16-6-4-5-15-8-10-21(17(15)16)9-7-14-11-19-20(2)13-14/h4-6,8,10-11,13,18H,3,7,9,12H2,1-2H3. The molecule has 0 radical (unpaired) electrons. The summed E-state index contributed by atoms with van der Waals surface area (Å²) < 4.78 is 4.22. The van der Waals surface area contributed by atoms with Crippen molar-refractivity contribution >= 4 is 10.9 Å². The van der Waals surface area contributed by atoms with E-state index in [4.69, 9.17) is 0 Å². The fourth-order valence-corrected chi connectivity index (χ4v) is 2.78. The molecule has 0 spiro atoms. The highest BCUT2D eigenvalue weighted by Crippen LogP contribution is 2.21. The minimum absolute atomic E-state index is 0.921. The van der Waals surface area contributed by atoms with Gasteiger partial charge in [-0.1, -0.05) is 25.1 Å². The van der Waals surface area contributed by atoms with Crippen molar-refractivity contribution in [3.63, 3.8) is 0 Å². The number of nitrogens with one attached hydrogen (secondary N) is 1. The number of fused-ring (bicyclic) bond motifs is 1. The number of hydrogen-bond donors (Lipinski definition) is 1. The largest absolute Gasteiger partial charge is 0.347 e. The minimum atomic E-state index is 0.921. The first kappa shape index (κ1) is 13.9. The average molecular weight is 282 g/mol. The molecule has 0 atom stereocenters. The zero-order chi connectivity index (χ0) is 14.7. The van der Waals surface area contributed by atoms with E-state index in [0.717, 1.165) is 26.1 Å². The molecule has 1 N–H and O–H groups in total. The highest BCUT2D eigenvalue weighted by molar-refractivity contribution is 5.83. The molecule has 2 heterocycles. The number of rotatable bonds is 6. The Morgan fingerprint density at radius 3 is 2.90 bits per heavy atom. The van der Waals surface area contributed by atoms with E-state index < -0.39 is 0 Å². The van der Waals surface area contributed by atoms with Gasteiger partial charge in [-0.15, -0.1) is 0 Å². The van der Waals surface area contributed by atoms with E-state index in [9.17, 15) is 0 Å². The van der Waals surface area contributed by atoms with Gasteiger partial charge >= 0.3 is 0 Å². The number of aromatic nitrogens is 3. The second-order valence-electron chi connectivity index (χ2n) is 5.42. The van der Waals surface area contributed by atoms with E-state index in [1.54, 1.807) is 0 Å². The molecule has 3 rings (SSSR count). The van der Waals surface area contributed by atoms with Crippen LogP contribution in [0.5, 0.6) is 0 Å². The Balaban J connectivity index is 1.84. The van der Waals surface area contributed by atoms with Gasteiger partial charge in [0.2, 0.25) is 0 Å². The Kier molecular flexibility index (Phi) is 4.06. The molecule has 1 aromatic carbocycles. The first-order valence-electron chi connectivity index (χ1n) is 7.53. The van der Waals surface area contributed by atoms with Crippen LogP contribution in [0.25, 0.3) is 10.9 Å². The lowest BCUT2D eigenvalue weighted by Crippen LogP contribution is -2.13. The SMILES string of the molecule is CCNCc1cccc2ccn(CCc3cnn(C)c3)c12. The van der Waals surface area contributed by atoms with Crippen LogP contribution in [-0.4, -0.2) is 20.9 Å². The minimum Gasteiger partial charge on any atom is -0.347 e. The van der Waals surface area contributed by atoms with Crippen LogP contribution >= 0.6 is 0 Å². The third-order valence-corrected chi connectivity index (χ3v) is 3.84. The molecule has 2 aromatic heterocycles. The summed E-state index contributed by atoms with van der Waals surface area (Å²) in [4.78, 5) is 0. The maximum absolute atomic E-state index is 4.23. The lowest BCUT2D eigenvalue weighted by molar-refractivity contribution is 0.701. The molecular formula is C17H22N4. The van der Waals surface area contributed by atoms with E-state index in [1.807, 2.05) is 17.9 Å². The summed E-state index contributed by atoms with van der Waals surface area (Å²) in [5.41, 5.74) is 4.00. The molecule has 0 aliphatic carbocycles. The van der Waals surface area contributed by atoms with Gasteiger partial charge in [-0.2, -0.15) is 5.10 Å². The van der Waals surface area contributed by atoms with Crippen molar-refractivity contribution in [2.24, 2.45) is 7.05 Å². The molecule has 4 heteroatoms.